The highest BCUT2D eigenvalue weighted by molar-refractivity contribution is 7.99. The molecular weight excluding hydrogens is 296 g/mol. The summed E-state index contributed by atoms with van der Waals surface area (Å²) in [6.07, 6.45) is 0.693. The normalized spacial score (nSPS) is 11.2. The summed E-state index contributed by atoms with van der Waals surface area (Å²) in [5.74, 6) is 0. The highest BCUT2D eigenvalue weighted by Gasteiger charge is 2.15. The van der Waals surface area contributed by atoms with Crippen molar-refractivity contribution in [2.45, 2.75) is 36.4 Å². The van der Waals surface area contributed by atoms with Gasteiger partial charge in [0.05, 0.1) is 0 Å². The van der Waals surface area contributed by atoms with Crippen LogP contribution in [0.1, 0.15) is 25.5 Å². The molecule has 1 aromatic carbocycles. The van der Waals surface area contributed by atoms with Crippen LogP contribution in [0.5, 0.6) is 0 Å². The molecule has 0 radical (unpaired) electrons. The summed E-state index contributed by atoms with van der Waals surface area (Å²) in [5.41, 5.74) is 6.42. The first-order chi connectivity index (χ1) is 9.54. The van der Waals surface area contributed by atoms with E-state index in [4.69, 9.17) is 17.3 Å². The maximum atomic E-state index is 11.7. The number of nitrogens with zero attached hydrogens (tertiary/aromatic N) is 2. The van der Waals surface area contributed by atoms with Gasteiger partial charge in [0.2, 0.25) is 0 Å². The van der Waals surface area contributed by atoms with Gasteiger partial charge in [0.15, 0.2) is 5.16 Å². The maximum Gasteiger partial charge on any atom is 0.344 e. The Morgan fingerprint density at radius 2 is 2.25 bits per heavy atom. The molecule has 1 aromatic heterocycles. The van der Waals surface area contributed by atoms with E-state index < -0.39 is 0 Å². The minimum absolute atomic E-state index is 0.0425. The average Bonchev–Trinajstić information content (AvgIpc) is 2.75. The van der Waals surface area contributed by atoms with Gasteiger partial charge in [-0.3, -0.25) is 4.57 Å². The fraction of sp³-hybridized carbons (Fsp3) is 0.385. The molecule has 2 rings (SSSR count). The molecule has 0 amide bonds. The molecule has 2 aromatic rings. The van der Waals surface area contributed by atoms with Crippen LogP contribution in [0.15, 0.2) is 33.0 Å². The molecule has 0 fully saturated rings. The largest absolute Gasteiger partial charge is 0.344 e. The molecule has 0 aliphatic carbocycles. The molecule has 108 valence electrons. The third-order valence-electron chi connectivity index (χ3n) is 2.86. The summed E-state index contributed by atoms with van der Waals surface area (Å²) >= 11 is 7.64. The molecule has 3 N–H and O–H groups in total. The van der Waals surface area contributed by atoms with Crippen LogP contribution in [0.3, 0.4) is 0 Å². The predicted octanol–water partition coefficient (Wildman–Crippen LogP) is 2.46. The first kappa shape index (κ1) is 15.2. The zero-order valence-electron chi connectivity index (χ0n) is 11.4. The number of nitrogens with two attached hydrogens (primary N) is 1. The van der Waals surface area contributed by atoms with Crippen LogP contribution in [0.4, 0.5) is 0 Å². The van der Waals surface area contributed by atoms with Gasteiger partial charge in [-0.1, -0.05) is 17.7 Å². The third kappa shape index (κ3) is 3.08. The quantitative estimate of drug-likeness (QED) is 0.889. The first-order valence-corrected chi connectivity index (χ1v) is 7.56. The van der Waals surface area contributed by atoms with Gasteiger partial charge >= 0.3 is 5.69 Å². The number of hydrogen-bond donors (Lipinski definition) is 2. The van der Waals surface area contributed by atoms with Gasteiger partial charge < -0.3 is 5.73 Å². The Morgan fingerprint density at radius 1 is 1.50 bits per heavy atom. The lowest BCUT2D eigenvalue weighted by Crippen LogP contribution is -2.19. The molecule has 0 atom stereocenters. The summed E-state index contributed by atoms with van der Waals surface area (Å²) in [6.45, 7) is 4.41. The molecule has 0 saturated carbocycles. The lowest BCUT2D eigenvalue weighted by Gasteiger charge is -2.12. The van der Waals surface area contributed by atoms with Crippen LogP contribution in [0.25, 0.3) is 0 Å². The number of hydrogen-bond acceptors (Lipinski definition) is 4. The fourth-order valence-corrected chi connectivity index (χ4v) is 3.42. The number of rotatable bonds is 5. The van der Waals surface area contributed by atoms with Crippen molar-refractivity contribution in [3.05, 3.63) is 39.3 Å². The second-order valence-corrected chi connectivity index (χ2v) is 6.05. The average molecular weight is 313 g/mol. The molecule has 0 spiro atoms. The van der Waals surface area contributed by atoms with E-state index in [1.807, 2.05) is 32.0 Å². The smallest absolute Gasteiger partial charge is 0.330 e. The standard InChI is InChI=1S/C13H17ClN4OS/c1-8(2)18-12(19)16-17-13(18)20-11-5-3-4-10(14)9(11)6-7-15/h3-5,8H,6-7,15H2,1-2H3,(H,16,19). The molecular formula is C13H17ClN4OS. The van der Waals surface area contributed by atoms with Crippen molar-refractivity contribution in [2.24, 2.45) is 5.73 Å². The van der Waals surface area contributed by atoms with Crippen molar-refractivity contribution in [1.82, 2.24) is 14.8 Å². The van der Waals surface area contributed by atoms with Crippen molar-refractivity contribution >= 4 is 23.4 Å². The zero-order chi connectivity index (χ0) is 14.7. The minimum atomic E-state index is -0.204. The second-order valence-electron chi connectivity index (χ2n) is 4.63. The van der Waals surface area contributed by atoms with E-state index in [1.165, 1.54) is 11.8 Å². The van der Waals surface area contributed by atoms with Crippen LogP contribution >= 0.6 is 23.4 Å². The zero-order valence-corrected chi connectivity index (χ0v) is 13.0. The van der Waals surface area contributed by atoms with Gasteiger partial charge in [-0.05, 0) is 56.3 Å². The van der Waals surface area contributed by atoms with Crippen molar-refractivity contribution in [3.63, 3.8) is 0 Å². The number of nitrogens with one attached hydrogen (secondary N) is 1. The Kier molecular flexibility index (Phi) is 4.91. The summed E-state index contributed by atoms with van der Waals surface area (Å²) in [7, 11) is 0. The number of aromatic nitrogens is 3. The van der Waals surface area contributed by atoms with E-state index >= 15 is 0 Å². The van der Waals surface area contributed by atoms with Gasteiger partial charge in [-0.25, -0.2) is 9.89 Å². The molecule has 20 heavy (non-hydrogen) atoms. The van der Waals surface area contributed by atoms with Gasteiger partial charge in [0, 0.05) is 16.0 Å². The highest BCUT2D eigenvalue weighted by Crippen LogP contribution is 2.33. The summed E-state index contributed by atoms with van der Waals surface area (Å²) in [5, 5.41) is 7.88. The summed E-state index contributed by atoms with van der Waals surface area (Å²) < 4.78 is 1.62. The summed E-state index contributed by atoms with van der Waals surface area (Å²) in [6, 6.07) is 5.73. The Labute approximate surface area is 126 Å². The molecule has 0 aliphatic rings. The second kappa shape index (κ2) is 6.47. The van der Waals surface area contributed by atoms with Crippen molar-refractivity contribution in [1.29, 1.82) is 0 Å². The fourth-order valence-electron chi connectivity index (χ4n) is 1.94. The van der Waals surface area contributed by atoms with E-state index in [9.17, 15) is 4.79 Å². The van der Waals surface area contributed by atoms with Crippen molar-refractivity contribution < 1.29 is 0 Å². The van der Waals surface area contributed by atoms with Gasteiger partial charge in [0.1, 0.15) is 0 Å². The molecule has 0 bridgehead atoms. The van der Waals surface area contributed by atoms with E-state index in [0.717, 1.165) is 10.5 Å². The number of halogens is 1. The number of benzene rings is 1. The van der Waals surface area contributed by atoms with Crippen LogP contribution in [-0.4, -0.2) is 21.3 Å². The van der Waals surface area contributed by atoms with Gasteiger partial charge in [0.25, 0.3) is 0 Å². The third-order valence-corrected chi connectivity index (χ3v) is 4.29. The topological polar surface area (TPSA) is 76.7 Å². The highest BCUT2D eigenvalue weighted by atomic mass is 35.5. The van der Waals surface area contributed by atoms with Crippen LogP contribution in [-0.2, 0) is 6.42 Å². The molecule has 0 unspecified atom stereocenters. The van der Waals surface area contributed by atoms with E-state index in [-0.39, 0.29) is 11.7 Å². The molecule has 0 aliphatic heterocycles. The van der Waals surface area contributed by atoms with Gasteiger partial charge in [-0.15, -0.1) is 5.10 Å². The summed E-state index contributed by atoms with van der Waals surface area (Å²) in [4.78, 5) is 12.7. The molecule has 7 heteroatoms. The van der Waals surface area contributed by atoms with E-state index in [2.05, 4.69) is 10.2 Å². The Morgan fingerprint density at radius 3 is 2.90 bits per heavy atom. The van der Waals surface area contributed by atoms with E-state index in [1.54, 1.807) is 4.57 Å². The van der Waals surface area contributed by atoms with Crippen LogP contribution in [0, 0.1) is 0 Å². The van der Waals surface area contributed by atoms with Crippen LogP contribution < -0.4 is 11.4 Å². The lowest BCUT2D eigenvalue weighted by molar-refractivity contribution is 0.534. The first-order valence-electron chi connectivity index (χ1n) is 6.36. The Hall–Kier alpha value is -1.24. The number of H-pyrrole nitrogens is 1. The number of aromatic amines is 1. The van der Waals surface area contributed by atoms with Gasteiger partial charge in [-0.2, -0.15) is 0 Å². The SMILES string of the molecule is CC(C)n1c(Sc2cccc(Cl)c2CCN)n[nH]c1=O. The van der Waals surface area contributed by atoms with E-state index in [0.29, 0.717) is 23.1 Å². The van der Waals surface area contributed by atoms with Crippen LogP contribution in [0.2, 0.25) is 5.02 Å². The van der Waals surface area contributed by atoms with Crippen molar-refractivity contribution in [3.8, 4) is 0 Å². The molecule has 1 heterocycles. The molecule has 0 saturated heterocycles. The predicted molar refractivity (Wildman–Crippen MR) is 81.6 cm³/mol. The lowest BCUT2D eigenvalue weighted by atomic mass is 10.1. The molecule has 5 nitrogen and oxygen atoms in total. The monoisotopic (exact) mass is 312 g/mol. The van der Waals surface area contributed by atoms with Crippen molar-refractivity contribution in [2.75, 3.05) is 6.54 Å². The maximum absolute atomic E-state index is 11.7. The Bertz CT molecular complexity index is 650. The Balaban J connectivity index is 2.40. The minimum Gasteiger partial charge on any atom is -0.330 e.